The van der Waals surface area contributed by atoms with E-state index in [1.165, 1.54) is 11.1 Å². The van der Waals surface area contributed by atoms with Crippen LogP contribution in [0.4, 0.5) is 4.79 Å². The summed E-state index contributed by atoms with van der Waals surface area (Å²) in [6, 6.07) is 8.20. The van der Waals surface area contributed by atoms with Gasteiger partial charge < -0.3 is 19.8 Å². The number of aliphatic hydroxyl groups excluding tert-OH is 1. The van der Waals surface area contributed by atoms with Crippen molar-refractivity contribution < 1.29 is 14.4 Å². The van der Waals surface area contributed by atoms with Crippen molar-refractivity contribution in [1.82, 2.24) is 20.4 Å². The van der Waals surface area contributed by atoms with Crippen molar-refractivity contribution in [1.29, 1.82) is 0 Å². The van der Waals surface area contributed by atoms with Crippen LogP contribution in [0.5, 0.6) is 0 Å². The van der Waals surface area contributed by atoms with E-state index in [0.717, 1.165) is 12.8 Å². The van der Waals surface area contributed by atoms with Gasteiger partial charge in [-0.2, -0.15) is 4.98 Å². The van der Waals surface area contributed by atoms with E-state index < -0.39 is 0 Å². The van der Waals surface area contributed by atoms with E-state index in [4.69, 9.17) is 4.52 Å². The van der Waals surface area contributed by atoms with Crippen molar-refractivity contribution in [3.05, 3.63) is 47.1 Å². The van der Waals surface area contributed by atoms with E-state index in [-0.39, 0.29) is 18.7 Å². The van der Waals surface area contributed by atoms with Gasteiger partial charge in [-0.15, -0.1) is 0 Å². The monoisotopic (exact) mass is 344 g/mol. The first-order chi connectivity index (χ1) is 12.2. The number of aromatic nitrogens is 2. The molecule has 0 fully saturated rings. The molecule has 1 aliphatic carbocycles. The molecule has 1 atom stereocenters. The molecule has 0 aliphatic heterocycles. The highest BCUT2D eigenvalue weighted by molar-refractivity contribution is 5.75. The third kappa shape index (κ3) is 4.17. The molecule has 25 heavy (non-hydrogen) atoms. The van der Waals surface area contributed by atoms with Gasteiger partial charge in [0.1, 0.15) is 0 Å². The summed E-state index contributed by atoms with van der Waals surface area (Å²) in [5, 5.41) is 15.9. The fourth-order valence-corrected chi connectivity index (χ4v) is 3.32. The van der Waals surface area contributed by atoms with Crippen molar-refractivity contribution in [3.63, 3.8) is 0 Å². The van der Waals surface area contributed by atoms with E-state index in [9.17, 15) is 9.90 Å². The van der Waals surface area contributed by atoms with Crippen LogP contribution in [0.1, 0.15) is 41.7 Å². The second kappa shape index (κ2) is 8.11. The molecular weight excluding hydrogens is 320 g/mol. The standard InChI is InChI=1S/C18H24N4O3/c1-13-20-17(25-21-13)9-10-19-18(24)22(11-4-12-23)16-8-7-14-5-2-3-6-15(14)16/h2-3,5-6,16,23H,4,7-12H2,1H3,(H,19,24). The number of aliphatic hydroxyl groups is 1. The molecule has 2 aromatic rings. The highest BCUT2D eigenvalue weighted by Gasteiger charge is 2.30. The number of fused-ring (bicyclic) bond motifs is 1. The smallest absolute Gasteiger partial charge is 0.317 e. The zero-order valence-electron chi connectivity index (χ0n) is 14.4. The molecule has 1 aromatic carbocycles. The van der Waals surface area contributed by atoms with Crippen LogP contribution < -0.4 is 5.32 Å². The van der Waals surface area contributed by atoms with Gasteiger partial charge in [0.05, 0.1) is 6.04 Å². The average molecular weight is 344 g/mol. The molecule has 2 amide bonds. The molecule has 7 heteroatoms. The van der Waals surface area contributed by atoms with E-state index in [1.54, 1.807) is 6.92 Å². The summed E-state index contributed by atoms with van der Waals surface area (Å²) in [4.78, 5) is 18.7. The van der Waals surface area contributed by atoms with Gasteiger partial charge in [0.2, 0.25) is 5.89 Å². The average Bonchev–Trinajstić information content (AvgIpc) is 3.22. The van der Waals surface area contributed by atoms with Crippen molar-refractivity contribution >= 4 is 6.03 Å². The van der Waals surface area contributed by atoms with Gasteiger partial charge >= 0.3 is 6.03 Å². The number of nitrogens with zero attached hydrogens (tertiary/aromatic N) is 3. The van der Waals surface area contributed by atoms with E-state index in [1.807, 2.05) is 17.0 Å². The number of hydrogen-bond acceptors (Lipinski definition) is 5. The molecule has 3 rings (SSSR count). The van der Waals surface area contributed by atoms with Gasteiger partial charge in [0.15, 0.2) is 5.82 Å². The molecule has 7 nitrogen and oxygen atoms in total. The number of benzene rings is 1. The van der Waals surface area contributed by atoms with Crippen LogP contribution in [0, 0.1) is 6.92 Å². The highest BCUT2D eigenvalue weighted by Crippen LogP contribution is 2.35. The zero-order valence-corrected chi connectivity index (χ0v) is 14.4. The molecule has 2 N–H and O–H groups in total. The minimum absolute atomic E-state index is 0.0633. The summed E-state index contributed by atoms with van der Waals surface area (Å²) in [5.74, 6) is 1.11. The molecule has 0 spiro atoms. The van der Waals surface area contributed by atoms with Crippen molar-refractivity contribution in [2.75, 3.05) is 19.7 Å². The third-order valence-corrected chi connectivity index (χ3v) is 4.48. The molecule has 1 aliphatic rings. The molecule has 0 radical (unpaired) electrons. The Labute approximate surface area is 147 Å². The lowest BCUT2D eigenvalue weighted by molar-refractivity contribution is 0.165. The van der Waals surface area contributed by atoms with E-state index >= 15 is 0 Å². The second-order valence-corrected chi connectivity index (χ2v) is 6.24. The fourth-order valence-electron chi connectivity index (χ4n) is 3.32. The largest absolute Gasteiger partial charge is 0.396 e. The van der Waals surface area contributed by atoms with Gasteiger partial charge in [-0.25, -0.2) is 4.79 Å². The maximum atomic E-state index is 12.7. The zero-order chi connectivity index (χ0) is 17.6. The summed E-state index contributed by atoms with van der Waals surface area (Å²) in [7, 11) is 0. The lowest BCUT2D eigenvalue weighted by Gasteiger charge is -2.30. The number of carbonyl (C=O) groups is 1. The summed E-state index contributed by atoms with van der Waals surface area (Å²) in [6.45, 7) is 2.80. The van der Waals surface area contributed by atoms with Gasteiger partial charge in [-0.3, -0.25) is 0 Å². The lowest BCUT2D eigenvalue weighted by atomic mass is 10.1. The Balaban J connectivity index is 1.63. The Morgan fingerprint density at radius 1 is 1.44 bits per heavy atom. The van der Waals surface area contributed by atoms with Crippen molar-refractivity contribution in [3.8, 4) is 0 Å². The summed E-state index contributed by atoms with van der Waals surface area (Å²) in [6.07, 6.45) is 2.96. The van der Waals surface area contributed by atoms with E-state index in [0.29, 0.717) is 37.6 Å². The van der Waals surface area contributed by atoms with Gasteiger partial charge in [-0.05, 0) is 37.3 Å². The predicted molar refractivity (Wildman–Crippen MR) is 92.1 cm³/mol. The van der Waals surface area contributed by atoms with Crippen LogP contribution in [0.2, 0.25) is 0 Å². The van der Waals surface area contributed by atoms with E-state index in [2.05, 4.69) is 27.6 Å². The molecule has 0 bridgehead atoms. The van der Waals surface area contributed by atoms with Crippen LogP contribution >= 0.6 is 0 Å². The number of urea groups is 1. The highest BCUT2D eigenvalue weighted by atomic mass is 16.5. The summed E-state index contributed by atoms with van der Waals surface area (Å²) >= 11 is 0. The maximum absolute atomic E-state index is 12.7. The van der Waals surface area contributed by atoms with Crippen molar-refractivity contribution in [2.45, 2.75) is 38.6 Å². The molecule has 0 saturated carbocycles. The number of hydrogen-bond donors (Lipinski definition) is 2. The number of carbonyl (C=O) groups excluding carboxylic acids is 1. The first-order valence-corrected chi connectivity index (χ1v) is 8.71. The van der Waals surface area contributed by atoms with Gasteiger partial charge in [0, 0.05) is 26.1 Å². The van der Waals surface area contributed by atoms with Crippen LogP contribution in [0.3, 0.4) is 0 Å². The van der Waals surface area contributed by atoms with Crippen LogP contribution in [-0.2, 0) is 12.8 Å². The van der Waals surface area contributed by atoms with Crippen LogP contribution in [0.15, 0.2) is 28.8 Å². The first kappa shape index (κ1) is 17.4. The molecule has 1 unspecified atom stereocenters. The number of rotatable bonds is 7. The van der Waals surface area contributed by atoms with Crippen molar-refractivity contribution in [2.24, 2.45) is 0 Å². The molecule has 0 saturated heterocycles. The number of nitrogens with one attached hydrogen (secondary N) is 1. The summed E-state index contributed by atoms with van der Waals surface area (Å²) < 4.78 is 5.06. The number of amides is 2. The molecular formula is C18H24N4O3. The van der Waals surface area contributed by atoms with Gasteiger partial charge in [-0.1, -0.05) is 29.4 Å². The Morgan fingerprint density at radius 2 is 2.28 bits per heavy atom. The van der Waals surface area contributed by atoms with Crippen LogP contribution in [-0.4, -0.2) is 45.9 Å². The Morgan fingerprint density at radius 3 is 3.04 bits per heavy atom. The minimum atomic E-state index is -0.119. The molecule has 134 valence electrons. The fraction of sp³-hybridized carbons (Fsp3) is 0.500. The Hall–Kier alpha value is -2.41. The Kier molecular flexibility index (Phi) is 5.65. The predicted octanol–water partition coefficient (Wildman–Crippen LogP) is 2.00. The Bertz CT molecular complexity index is 716. The normalized spacial score (nSPS) is 15.8. The lowest BCUT2D eigenvalue weighted by Crippen LogP contribution is -2.43. The summed E-state index contributed by atoms with van der Waals surface area (Å²) in [5.41, 5.74) is 2.51. The molecule has 1 heterocycles. The second-order valence-electron chi connectivity index (χ2n) is 6.24. The van der Waals surface area contributed by atoms with Crippen LogP contribution in [0.25, 0.3) is 0 Å². The first-order valence-electron chi connectivity index (χ1n) is 8.71. The topological polar surface area (TPSA) is 91.5 Å². The third-order valence-electron chi connectivity index (χ3n) is 4.48. The molecule has 1 aromatic heterocycles. The quantitative estimate of drug-likeness (QED) is 0.801. The SMILES string of the molecule is Cc1noc(CCNC(=O)N(CCCO)C2CCc3ccccc32)n1. The maximum Gasteiger partial charge on any atom is 0.317 e. The van der Waals surface area contributed by atoms with Gasteiger partial charge in [0.25, 0.3) is 0 Å². The minimum Gasteiger partial charge on any atom is -0.396 e. The number of aryl methyl sites for hydroxylation is 2.